The van der Waals surface area contributed by atoms with Crippen molar-refractivity contribution in [2.45, 2.75) is 58.7 Å². The van der Waals surface area contributed by atoms with Crippen LogP contribution < -0.4 is 0 Å². The van der Waals surface area contributed by atoms with Gasteiger partial charge in [-0.3, -0.25) is 4.79 Å². The van der Waals surface area contributed by atoms with E-state index in [2.05, 4.69) is 0 Å². The molecule has 0 radical (unpaired) electrons. The first-order valence-corrected chi connectivity index (χ1v) is 6.95. The number of rotatable bonds is 4. The standard InChI is InChI=1S/C14H23BO4/c1-6-17-11(16)14(7-8-14)9-10-15-18-12(2,3)13(4,5)19-15/h9-10H,6-8H2,1-5H3/b10-9+. The molecule has 0 aromatic rings. The minimum Gasteiger partial charge on any atom is -0.465 e. The average molecular weight is 266 g/mol. The van der Waals surface area contributed by atoms with Crippen LogP contribution in [0.2, 0.25) is 0 Å². The zero-order chi connectivity index (χ0) is 14.3. The molecule has 1 aliphatic heterocycles. The summed E-state index contributed by atoms with van der Waals surface area (Å²) in [5.74, 6) is 1.71. The third-order valence-corrected chi connectivity index (χ3v) is 4.31. The van der Waals surface area contributed by atoms with Crippen LogP contribution in [0.1, 0.15) is 47.5 Å². The summed E-state index contributed by atoms with van der Waals surface area (Å²) in [6.45, 7) is 10.3. The lowest BCUT2D eigenvalue weighted by Gasteiger charge is -2.32. The molecule has 0 amide bonds. The number of ether oxygens (including phenoxy) is 1. The first-order chi connectivity index (χ1) is 8.72. The zero-order valence-corrected chi connectivity index (χ0v) is 12.5. The van der Waals surface area contributed by atoms with Crippen molar-refractivity contribution >= 4 is 13.1 Å². The maximum Gasteiger partial charge on any atom is 0.486 e. The highest BCUT2D eigenvalue weighted by Crippen LogP contribution is 2.48. The monoisotopic (exact) mass is 266 g/mol. The predicted molar refractivity (Wildman–Crippen MR) is 73.5 cm³/mol. The van der Waals surface area contributed by atoms with Crippen LogP contribution in [0.5, 0.6) is 0 Å². The third-order valence-electron chi connectivity index (χ3n) is 4.31. The fourth-order valence-corrected chi connectivity index (χ4v) is 2.08. The van der Waals surface area contributed by atoms with E-state index in [0.717, 1.165) is 12.8 Å². The molecule has 1 aliphatic carbocycles. The van der Waals surface area contributed by atoms with Crippen LogP contribution >= 0.6 is 0 Å². The lowest BCUT2D eigenvalue weighted by atomic mass is 9.87. The van der Waals surface area contributed by atoms with Gasteiger partial charge in [-0.1, -0.05) is 12.1 Å². The summed E-state index contributed by atoms with van der Waals surface area (Å²) in [5, 5.41) is 0. The van der Waals surface area contributed by atoms with Crippen molar-refractivity contribution in [1.29, 1.82) is 0 Å². The molecule has 1 saturated heterocycles. The topological polar surface area (TPSA) is 44.8 Å². The molecule has 1 saturated carbocycles. The molecule has 106 valence electrons. The van der Waals surface area contributed by atoms with Gasteiger partial charge in [-0.15, -0.1) is 0 Å². The van der Waals surface area contributed by atoms with Crippen LogP contribution in [0.25, 0.3) is 0 Å². The molecule has 19 heavy (non-hydrogen) atoms. The second-order valence-corrected chi connectivity index (χ2v) is 6.36. The molecule has 5 heteroatoms. The van der Waals surface area contributed by atoms with Crippen molar-refractivity contribution in [1.82, 2.24) is 0 Å². The largest absolute Gasteiger partial charge is 0.486 e. The highest BCUT2D eigenvalue weighted by atomic mass is 16.7. The Bertz CT molecular complexity index is 380. The quantitative estimate of drug-likeness (QED) is 0.579. The van der Waals surface area contributed by atoms with Gasteiger partial charge in [-0.25, -0.2) is 0 Å². The van der Waals surface area contributed by atoms with Gasteiger partial charge in [0.25, 0.3) is 0 Å². The highest BCUT2D eigenvalue weighted by molar-refractivity contribution is 6.51. The van der Waals surface area contributed by atoms with Crippen molar-refractivity contribution in [3.8, 4) is 0 Å². The van der Waals surface area contributed by atoms with Gasteiger partial charge < -0.3 is 14.0 Å². The minimum atomic E-state index is -0.431. The Morgan fingerprint density at radius 1 is 1.21 bits per heavy atom. The van der Waals surface area contributed by atoms with Crippen LogP contribution in [0.15, 0.2) is 12.1 Å². The number of carbonyl (C=O) groups is 1. The second-order valence-electron chi connectivity index (χ2n) is 6.36. The van der Waals surface area contributed by atoms with Gasteiger partial charge in [0.05, 0.1) is 23.2 Å². The Kier molecular flexibility index (Phi) is 3.56. The molecule has 0 atom stereocenters. The molecule has 0 aromatic carbocycles. The third kappa shape index (κ3) is 2.72. The predicted octanol–water partition coefficient (Wildman–Crippen LogP) is 2.52. The number of carbonyl (C=O) groups excluding carboxylic acids is 1. The van der Waals surface area contributed by atoms with Crippen LogP contribution in [0, 0.1) is 5.41 Å². The maximum atomic E-state index is 11.8. The van der Waals surface area contributed by atoms with Gasteiger partial charge in [0.15, 0.2) is 0 Å². The van der Waals surface area contributed by atoms with Crippen LogP contribution in [0.3, 0.4) is 0 Å². The van der Waals surface area contributed by atoms with E-state index in [-0.39, 0.29) is 17.2 Å². The van der Waals surface area contributed by atoms with E-state index in [4.69, 9.17) is 14.0 Å². The molecule has 1 heterocycles. The Morgan fingerprint density at radius 2 is 1.74 bits per heavy atom. The van der Waals surface area contributed by atoms with Crippen molar-refractivity contribution in [2.24, 2.45) is 5.41 Å². The van der Waals surface area contributed by atoms with Crippen molar-refractivity contribution in [3.63, 3.8) is 0 Å². The highest BCUT2D eigenvalue weighted by Gasteiger charge is 2.52. The molecule has 0 aromatic heterocycles. The summed E-state index contributed by atoms with van der Waals surface area (Å²) < 4.78 is 16.8. The molecule has 0 unspecified atom stereocenters. The normalized spacial score (nSPS) is 26.7. The average Bonchev–Trinajstić information content (AvgIpc) is 3.02. The van der Waals surface area contributed by atoms with Gasteiger partial charge in [0.1, 0.15) is 0 Å². The van der Waals surface area contributed by atoms with Crippen molar-refractivity contribution in [2.75, 3.05) is 6.61 Å². The smallest absolute Gasteiger partial charge is 0.465 e. The fraction of sp³-hybridized carbons (Fsp3) is 0.786. The maximum absolute atomic E-state index is 11.8. The molecular weight excluding hydrogens is 243 g/mol. The van der Waals surface area contributed by atoms with Gasteiger partial charge in [0.2, 0.25) is 0 Å². The van der Waals surface area contributed by atoms with E-state index in [9.17, 15) is 4.79 Å². The van der Waals surface area contributed by atoms with E-state index >= 15 is 0 Å². The zero-order valence-electron chi connectivity index (χ0n) is 12.5. The first kappa shape index (κ1) is 14.6. The summed E-state index contributed by atoms with van der Waals surface area (Å²) >= 11 is 0. The Hall–Kier alpha value is -0.805. The molecular formula is C14H23BO4. The summed E-state index contributed by atoms with van der Waals surface area (Å²) in [6.07, 6.45) is 3.59. The Balaban J connectivity index is 2.00. The number of esters is 1. The van der Waals surface area contributed by atoms with Crippen LogP contribution in [-0.2, 0) is 18.8 Å². The van der Waals surface area contributed by atoms with E-state index in [1.807, 2.05) is 46.7 Å². The summed E-state index contributed by atoms with van der Waals surface area (Å²) in [4.78, 5) is 11.8. The number of hydrogen-bond acceptors (Lipinski definition) is 4. The first-order valence-electron chi connectivity index (χ1n) is 6.95. The minimum absolute atomic E-state index is 0.136. The SMILES string of the molecule is CCOC(=O)C1(/C=C/B2OC(C)(C)C(C)(C)O2)CC1. The Labute approximate surface area is 115 Å². The molecule has 2 rings (SSSR count). The lowest BCUT2D eigenvalue weighted by Crippen LogP contribution is -2.41. The van der Waals surface area contributed by atoms with Gasteiger partial charge in [0, 0.05) is 0 Å². The fourth-order valence-electron chi connectivity index (χ4n) is 2.08. The molecule has 4 nitrogen and oxygen atoms in total. The van der Waals surface area contributed by atoms with Crippen molar-refractivity contribution in [3.05, 3.63) is 12.1 Å². The van der Waals surface area contributed by atoms with E-state index in [0.29, 0.717) is 6.61 Å². The van der Waals surface area contributed by atoms with E-state index in [1.165, 1.54) is 0 Å². The van der Waals surface area contributed by atoms with Gasteiger partial charge >= 0.3 is 13.1 Å². The Morgan fingerprint density at radius 3 is 2.16 bits per heavy atom. The molecule has 0 bridgehead atoms. The number of hydrogen-bond donors (Lipinski definition) is 0. The molecule has 2 fully saturated rings. The molecule has 2 aliphatic rings. The van der Waals surface area contributed by atoms with E-state index in [1.54, 1.807) is 0 Å². The lowest BCUT2D eigenvalue weighted by molar-refractivity contribution is -0.147. The summed E-state index contributed by atoms with van der Waals surface area (Å²) in [5.41, 5.74) is -1.12. The van der Waals surface area contributed by atoms with E-state index < -0.39 is 12.5 Å². The van der Waals surface area contributed by atoms with Crippen LogP contribution in [-0.4, -0.2) is 30.9 Å². The van der Waals surface area contributed by atoms with Gasteiger partial charge in [-0.2, -0.15) is 0 Å². The summed E-state index contributed by atoms with van der Waals surface area (Å²) in [6, 6.07) is 0. The summed E-state index contributed by atoms with van der Waals surface area (Å²) in [7, 11) is -0.392. The second kappa shape index (κ2) is 4.63. The van der Waals surface area contributed by atoms with Crippen LogP contribution in [0.4, 0.5) is 0 Å². The molecule has 0 N–H and O–H groups in total. The van der Waals surface area contributed by atoms with Gasteiger partial charge in [-0.05, 0) is 47.5 Å². The van der Waals surface area contributed by atoms with Crippen molar-refractivity contribution < 1.29 is 18.8 Å². The molecule has 0 spiro atoms.